The first-order valence-corrected chi connectivity index (χ1v) is 15.6. The van der Waals surface area contributed by atoms with E-state index in [0.29, 0.717) is 6.10 Å². The van der Waals surface area contributed by atoms with Crippen LogP contribution in [0.3, 0.4) is 0 Å². The maximum atomic E-state index is 5.96. The molecule has 0 saturated carbocycles. The summed E-state index contributed by atoms with van der Waals surface area (Å²) < 4.78 is 7.77. The molecule has 104 valence electrons. The molecule has 0 radical (unpaired) electrons. The Kier molecular flexibility index (Phi) is 5.88. The van der Waals surface area contributed by atoms with E-state index in [4.69, 9.17) is 4.43 Å². The molecule has 1 nitrogen and oxygen atoms in total. The average Bonchev–Trinajstić information content (AvgIpc) is 2.66. The zero-order valence-corrected chi connectivity index (χ0v) is 15.8. The molecule has 0 aromatic carbocycles. The summed E-state index contributed by atoms with van der Waals surface area (Å²) in [5, 5.41) is 7.52. The van der Waals surface area contributed by atoms with Gasteiger partial charge in [-0.3, -0.25) is 0 Å². The van der Waals surface area contributed by atoms with Crippen molar-refractivity contribution < 1.29 is 20.5 Å². The molecule has 3 heteroatoms. The molecule has 0 saturated heterocycles. The van der Waals surface area contributed by atoms with E-state index in [1.807, 2.05) is 3.96 Å². The molecule has 0 aromatic rings. The summed E-state index contributed by atoms with van der Waals surface area (Å²) in [4.78, 5) is 0. The third-order valence-corrected chi connectivity index (χ3v) is 10.5. The minimum atomic E-state index is -1.57. The fourth-order valence-electron chi connectivity index (χ4n) is 2.03. The van der Waals surface area contributed by atoms with Crippen LogP contribution in [0.4, 0.5) is 0 Å². The third kappa shape index (κ3) is 4.50. The predicted octanol–water partition coefficient (Wildman–Crippen LogP) is 4.21. The van der Waals surface area contributed by atoms with E-state index in [2.05, 4.69) is 48.9 Å². The van der Waals surface area contributed by atoms with E-state index in [1.54, 1.807) is 5.57 Å². The Labute approximate surface area is 113 Å². The Morgan fingerprint density at radius 3 is 2.47 bits per heavy atom. The second kappa shape index (κ2) is 6.49. The van der Waals surface area contributed by atoms with Gasteiger partial charge >= 0.3 is 113 Å². The SMILES string of the molecule is CCC([SiH2]OC(C)C)C1=[C]([Pt]([CH3])([CH3])[CH3])CC=C1. The summed E-state index contributed by atoms with van der Waals surface area (Å²) in [6.07, 6.45) is 7.64. The fourth-order valence-corrected chi connectivity index (χ4v) is 8.16. The average molecular weight is 436 g/mol. The first-order valence-electron chi connectivity index (χ1n) is 6.23. The molecule has 1 aliphatic carbocycles. The molecule has 1 aliphatic rings. The van der Waals surface area contributed by atoms with Crippen molar-refractivity contribution in [1.82, 2.24) is 0 Å². The van der Waals surface area contributed by atoms with Gasteiger partial charge in [-0.1, -0.05) is 0 Å². The number of hydrogen-bond donors (Lipinski definition) is 0. The Balaban J connectivity index is 2.82. The standard InChI is InChI=1S/C11H19OSi.3CH3.Pt/c1-4-11(13-12-9(2)3)10-7-5-6-8-10;;;;/h5,7,9,11H,4,6,13H2,1-3H3;3*1H3;. The van der Waals surface area contributed by atoms with Crippen LogP contribution in [0, 0.1) is 0 Å². The van der Waals surface area contributed by atoms with Crippen molar-refractivity contribution in [1.29, 1.82) is 0 Å². The van der Waals surface area contributed by atoms with Gasteiger partial charge in [0.15, 0.2) is 0 Å². The van der Waals surface area contributed by atoms with Crippen molar-refractivity contribution in [2.75, 3.05) is 0 Å². The Morgan fingerprint density at radius 1 is 1.35 bits per heavy atom. The molecule has 0 spiro atoms. The first kappa shape index (κ1) is 15.4. The van der Waals surface area contributed by atoms with Gasteiger partial charge in [-0.25, -0.2) is 0 Å². The van der Waals surface area contributed by atoms with Crippen LogP contribution in [0.25, 0.3) is 0 Å². The summed E-state index contributed by atoms with van der Waals surface area (Å²) in [5.41, 5.74) is 2.41. The van der Waals surface area contributed by atoms with Crippen LogP contribution in [-0.2, 0) is 20.5 Å². The van der Waals surface area contributed by atoms with E-state index in [9.17, 15) is 0 Å². The monoisotopic (exact) mass is 435 g/mol. The summed E-state index contributed by atoms with van der Waals surface area (Å²) in [5.74, 6) is 0. The number of allylic oxidation sites excluding steroid dienone is 4. The quantitative estimate of drug-likeness (QED) is 0.568. The molecule has 17 heavy (non-hydrogen) atoms. The van der Waals surface area contributed by atoms with Crippen LogP contribution in [0.15, 0.2) is 21.7 Å². The van der Waals surface area contributed by atoms with E-state index in [-0.39, 0.29) is 0 Å². The summed E-state index contributed by atoms with van der Waals surface area (Å²) in [7, 11) is -0.422. The minimum absolute atomic E-state index is 0.403. The van der Waals surface area contributed by atoms with Gasteiger partial charge < -0.3 is 0 Å². The normalized spacial score (nSPS) is 19.9. The van der Waals surface area contributed by atoms with Crippen molar-refractivity contribution >= 4 is 9.76 Å². The molecule has 1 unspecified atom stereocenters. The van der Waals surface area contributed by atoms with Gasteiger partial charge in [0.2, 0.25) is 0 Å². The van der Waals surface area contributed by atoms with Crippen LogP contribution in [0.5, 0.6) is 0 Å². The molecule has 0 heterocycles. The van der Waals surface area contributed by atoms with Gasteiger partial charge in [-0.15, -0.1) is 0 Å². The summed E-state index contributed by atoms with van der Waals surface area (Å²) in [6.45, 7) is 6.62. The Hall–Kier alpha value is 0.345. The topological polar surface area (TPSA) is 9.23 Å². The third-order valence-electron chi connectivity index (χ3n) is 3.01. The molecule has 1 rings (SSSR count). The maximum absolute atomic E-state index is 5.96. The van der Waals surface area contributed by atoms with Crippen molar-refractivity contribution in [3.05, 3.63) is 21.7 Å². The van der Waals surface area contributed by atoms with E-state index >= 15 is 0 Å². The number of rotatable bonds is 6. The van der Waals surface area contributed by atoms with E-state index in [1.165, 1.54) is 12.8 Å². The molecule has 1 atom stereocenters. The molecule has 0 amide bonds. The van der Waals surface area contributed by atoms with Gasteiger partial charge in [0.1, 0.15) is 0 Å². The van der Waals surface area contributed by atoms with E-state index in [0.717, 1.165) is 5.54 Å². The Bertz CT molecular complexity index is 313. The first-order chi connectivity index (χ1) is 7.86. The van der Waals surface area contributed by atoms with Crippen molar-refractivity contribution in [3.8, 4) is 0 Å². The molecule has 0 bridgehead atoms. The molecule has 0 aromatic heterocycles. The zero-order valence-electron chi connectivity index (χ0n) is 12.2. The van der Waals surface area contributed by atoms with Crippen molar-refractivity contribution in [2.24, 2.45) is 0 Å². The second-order valence-electron chi connectivity index (χ2n) is 5.34. The van der Waals surface area contributed by atoms with Crippen LogP contribution in [-0.4, -0.2) is 15.9 Å². The van der Waals surface area contributed by atoms with Crippen molar-refractivity contribution in [3.63, 3.8) is 0 Å². The van der Waals surface area contributed by atoms with E-state index < -0.39 is 25.8 Å². The van der Waals surface area contributed by atoms with Gasteiger partial charge in [0, 0.05) is 0 Å². The number of hydrogen-bond acceptors (Lipinski definition) is 1. The second-order valence-corrected chi connectivity index (χ2v) is 18.6. The Morgan fingerprint density at radius 2 is 2.00 bits per heavy atom. The summed E-state index contributed by atoms with van der Waals surface area (Å²) >= 11 is -1.57. The van der Waals surface area contributed by atoms with Crippen LogP contribution < -0.4 is 0 Å². The van der Waals surface area contributed by atoms with Crippen LogP contribution in [0.1, 0.15) is 33.6 Å². The molecule has 0 N–H and O–H groups in total. The van der Waals surface area contributed by atoms with Gasteiger partial charge in [-0.2, -0.15) is 0 Å². The zero-order chi connectivity index (χ0) is 13.1. The molecule has 0 aliphatic heterocycles. The van der Waals surface area contributed by atoms with Crippen LogP contribution >= 0.6 is 0 Å². The molecule has 0 fully saturated rings. The summed E-state index contributed by atoms with van der Waals surface area (Å²) in [6, 6.07) is 0. The van der Waals surface area contributed by atoms with Crippen molar-refractivity contribution in [2.45, 2.75) is 61.2 Å². The van der Waals surface area contributed by atoms with Crippen LogP contribution in [0.2, 0.25) is 21.5 Å². The molecular formula is C14H28OPtSi. The van der Waals surface area contributed by atoms with Gasteiger partial charge in [0.25, 0.3) is 0 Å². The molecular weight excluding hydrogens is 407 g/mol. The fraction of sp³-hybridized carbons (Fsp3) is 0.714. The predicted molar refractivity (Wildman–Crippen MR) is 77.2 cm³/mol. The van der Waals surface area contributed by atoms with Gasteiger partial charge in [-0.05, 0) is 0 Å². The van der Waals surface area contributed by atoms with Gasteiger partial charge in [0.05, 0.1) is 0 Å².